The van der Waals surface area contributed by atoms with E-state index in [0.29, 0.717) is 42.7 Å². The highest BCUT2D eigenvalue weighted by Crippen LogP contribution is 2.24. The Balaban J connectivity index is 1.32. The summed E-state index contributed by atoms with van der Waals surface area (Å²) in [7, 11) is 0. The van der Waals surface area contributed by atoms with Gasteiger partial charge in [0.25, 0.3) is 0 Å². The third-order valence-corrected chi connectivity index (χ3v) is 5.97. The van der Waals surface area contributed by atoms with Crippen molar-refractivity contribution in [3.8, 4) is 10.7 Å². The molecule has 1 aromatic carbocycles. The summed E-state index contributed by atoms with van der Waals surface area (Å²) < 4.78 is 10.4. The zero-order valence-electron chi connectivity index (χ0n) is 17.2. The van der Waals surface area contributed by atoms with Gasteiger partial charge in [0, 0.05) is 12.2 Å². The third kappa shape index (κ3) is 5.36. The number of aromatic nitrogens is 2. The van der Waals surface area contributed by atoms with Gasteiger partial charge in [-0.1, -0.05) is 11.2 Å². The van der Waals surface area contributed by atoms with Gasteiger partial charge in [-0.3, -0.25) is 9.69 Å². The maximum atomic E-state index is 12.8. The van der Waals surface area contributed by atoms with E-state index in [-0.39, 0.29) is 17.8 Å². The van der Waals surface area contributed by atoms with Crippen LogP contribution in [0.5, 0.6) is 0 Å². The number of anilines is 1. The third-order valence-electron chi connectivity index (χ3n) is 5.11. The average Bonchev–Trinajstić information content (AvgIpc) is 3.47. The summed E-state index contributed by atoms with van der Waals surface area (Å²) in [5.74, 6) is 0.629. The van der Waals surface area contributed by atoms with E-state index < -0.39 is 0 Å². The molecule has 0 bridgehead atoms. The lowest BCUT2D eigenvalue weighted by molar-refractivity contribution is -0.121. The molecule has 0 saturated carbocycles. The summed E-state index contributed by atoms with van der Waals surface area (Å²) >= 11 is 1.57. The molecule has 3 heterocycles. The van der Waals surface area contributed by atoms with Crippen molar-refractivity contribution in [2.45, 2.75) is 26.3 Å². The second kappa shape index (κ2) is 9.84. The maximum Gasteiger partial charge on any atom is 0.338 e. The highest BCUT2D eigenvalue weighted by Gasteiger charge is 2.27. The van der Waals surface area contributed by atoms with Gasteiger partial charge in [-0.2, -0.15) is 4.98 Å². The Kier molecular flexibility index (Phi) is 6.73. The number of esters is 1. The van der Waals surface area contributed by atoms with Gasteiger partial charge >= 0.3 is 5.97 Å². The number of hydrogen-bond donors (Lipinski definition) is 1. The zero-order valence-corrected chi connectivity index (χ0v) is 18.1. The normalized spacial score (nSPS) is 16.7. The number of ether oxygens (including phenoxy) is 1. The molecule has 162 valence electrons. The molecule has 0 spiro atoms. The number of amides is 1. The fraction of sp³-hybridized carbons (Fsp3) is 0.364. The maximum absolute atomic E-state index is 12.8. The minimum atomic E-state index is -0.369. The van der Waals surface area contributed by atoms with Crippen molar-refractivity contribution >= 4 is 28.9 Å². The number of nitrogens with one attached hydrogen (secondary N) is 1. The van der Waals surface area contributed by atoms with Crippen molar-refractivity contribution in [2.75, 3.05) is 25.0 Å². The molecule has 4 rings (SSSR count). The first-order chi connectivity index (χ1) is 15.1. The van der Waals surface area contributed by atoms with Crippen molar-refractivity contribution in [3.05, 3.63) is 53.2 Å². The van der Waals surface area contributed by atoms with E-state index in [1.54, 1.807) is 42.5 Å². The molecule has 1 aliphatic heterocycles. The van der Waals surface area contributed by atoms with E-state index in [0.717, 1.165) is 24.3 Å². The average molecular weight is 441 g/mol. The summed E-state index contributed by atoms with van der Waals surface area (Å²) in [6.07, 6.45) is 1.75. The van der Waals surface area contributed by atoms with Gasteiger partial charge in [0.2, 0.25) is 17.6 Å². The highest BCUT2D eigenvalue weighted by atomic mass is 32.1. The van der Waals surface area contributed by atoms with Crippen LogP contribution in [0.1, 0.15) is 36.0 Å². The molecule has 9 heteroatoms. The summed E-state index contributed by atoms with van der Waals surface area (Å²) in [6.45, 7) is 4.13. The Morgan fingerprint density at radius 2 is 2.13 bits per heavy atom. The fourth-order valence-electron chi connectivity index (χ4n) is 3.58. The Morgan fingerprint density at radius 3 is 2.87 bits per heavy atom. The van der Waals surface area contributed by atoms with Crippen LogP contribution in [0.3, 0.4) is 0 Å². The van der Waals surface area contributed by atoms with Crippen LogP contribution < -0.4 is 5.32 Å². The molecule has 8 nitrogen and oxygen atoms in total. The topological polar surface area (TPSA) is 97.6 Å². The quantitative estimate of drug-likeness (QED) is 0.558. The molecule has 1 amide bonds. The molecule has 3 aromatic rings. The Hall–Kier alpha value is -3.04. The predicted octanol–water partition coefficient (Wildman–Crippen LogP) is 3.83. The molecule has 1 unspecified atom stereocenters. The molecule has 1 fully saturated rings. The largest absolute Gasteiger partial charge is 0.462 e. The number of piperidine rings is 1. The monoisotopic (exact) mass is 440 g/mol. The molecular weight excluding hydrogens is 416 g/mol. The number of hydrogen-bond acceptors (Lipinski definition) is 8. The second-order valence-corrected chi connectivity index (χ2v) is 8.30. The molecular formula is C22H24N4O4S. The summed E-state index contributed by atoms with van der Waals surface area (Å²) in [6, 6.07) is 10.7. The van der Waals surface area contributed by atoms with Gasteiger partial charge < -0.3 is 14.6 Å². The van der Waals surface area contributed by atoms with Gasteiger partial charge in [-0.15, -0.1) is 11.3 Å². The smallest absolute Gasteiger partial charge is 0.338 e. The molecule has 2 aromatic heterocycles. The summed E-state index contributed by atoms with van der Waals surface area (Å²) in [5, 5.41) is 8.98. The summed E-state index contributed by atoms with van der Waals surface area (Å²) in [4.78, 5) is 32.1. The second-order valence-electron chi connectivity index (χ2n) is 7.35. The van der Waals surface area contributed by atoms with Crippen LogP contribution in [0.25, 0.3) is 10.7 Å². The predicted molar refractivity (Wildman–Crippen MR) is 117 cm³/mol. The first-order valence-electron chi connectivity index (χ1n) is 10.3. The van der Waals surface area contributed by atoms with Crippen LogP contribution in [0, 0.1) is 5.92 Å². The minimum absolute atomic E-state index is 0.0293. The number of carbonyl (C=O) groups excluding carboxylic acids is 2. The molecule has 1 aliphatic rings. The lowest BCUT2D eigenvalue weighted by Gasteiger charge is -2.30. The van der Waals surface area contributed by atoms with E-state index in [1.165, 1.54) is 0 Å². The van der Waals surface area contributed by atoms with Crippen molar-refractivity contribution in [1.82, 2.24) is 15.0 Å². The lowest BCUT2D eigenvalue weighted by Crippen LogP contribution is -2.40. The zero-order chi connectivity index (χ0) is 21.6. The number of likely N-dealkylation sites (tertiary alicyclic amines) is 1. The van der Waals surface area contributed by atoms with Crippen molar-refractivity contribution < 1.29 is 18.8 Å². The van der Waals surface area contributed by atoms with E-state index >= 15 is 0 Å². The van der Waals surface area contributed by atoms with Crippen LogP contribution in [-0.2, 0) is 16.1 Å². The Labute approximate surface area is 184 Å². The van der Waals surface area contributed by atoms with Gasteiger partial charge in [0.15, 0.2) is 0 Å². The van der Waals surface area contributed by atoms with Crippen LogP contribution in [-0.4, -0.2) is 46.6 Å². The van der Waals surface area contributed by atoms with Crippen molar-refractivity contribution in [1.29, 1.82) is 0 Å². The van der Waals surface area contributed by atoms with E-state index in [2.05, 4.69) is 20.4 Å². The number of thiophene rings is 1. The SMILES string of the molecule is CCOC(=O)c1ccc(NC(=O)C2CCCN(Cc3nc(-c4cccs4)no3)C2)cc1. The first-order valence-corrected chi connectivity index (χ1v) is 11.2. The van der Waals surface area contributed by atoms with Gasteiger partial charge in [-0.25, -0.2) is 4.79 Å². The minimum Gasteiger partial charge on any atom is -0.462 e. The first kappa shape index (κ1) is 21.2. The van der Waals surface area contributed by atoms with E-state index in [9.17, 15) is 9.59 Å². The van der Waals surface area contributed by atoms with Crippen LogP contribution in [0.2, 0.25) is 0 Å². The lowest BCUT2D eigenvalue weighted by atomic mass is 9.97. The standard InChI is InChI=1S/C22H24N4O4S/c1-2-29-22(28)15-7-9-17(10-8-15)23-21(27)16-5-3-11-26(13-16)14-19-24-20(25-30-19)18-6-4-12-31-18/h4,6-10,12,16H,2-3,5,11,13-14H2,1H3,(H,23,27). The van der Waals surface area contributed by atoms with Crippen LogP contribution >= 0.6 is 11.3 Å². The highest BCUT2D eigenvalue weighted by molar-refractivity contribution is 7.13. The molecule has 1 N–H and O–H groups in total. The molecule has 0 aliphatic carbocycles. The molecule has 1 atom stereocenters. The van der Waals surface area contributed by atoms with E-state index in [1.807, 2.05) is 17.5 Å². The van der Waals surface area contributed by atoms with Crippen LogP contribution in [0.15, 0.2) is 46.3 Å². The molecule has 1 saturated heterocycles. The van der Waals surface area contributed by atoms with Crippen LogP contribution in [0.4, 0.5) is 5.69 Å². The van der Waals surface area contributed by atoms with Crippen molar-refractivity contribution in [2.24, 2.45) is 5.92 Å². The van der Waals surface area contributed by atoms with Crippen molar-refractivity contribution in [3.63, 3.8) is 0 Å². The van der Waals surface area contributed by atoms with E-state index in [4.69, 9.17) is 9.26 Å². The Bertz CT molecular complexity index is 1020. The summed E-state index contributed by atoms with van der Waals surface area (Å²) in [5.41, 5.74) is 1.12. The fourth-order valence-corrected chi connectivity index (χ4v) is 4.23. The molecule has 31 heavy (non-hydrogen) atoms. The number of nitrogens with zero attached hydrogens (tertiary/aromatic N) is 3. The number of rotatable bonds is 7. The van der Waals surface area contributed by atoms with Gasteiger partial charge in [0.05, 0.1) is 29.5 Å². The van der Waals surface area contributed by atoms with Gasteiger partial charge in [0.1, 0.15) is 0 Å². The number of carbonyl (C=O) groups is 2. The molecule has 0 radical (unpaired) electrons. The number of benzene rings is 1. The Morgan fingerprint density at radius 1 is 1.29 bits per heavy atom. The van der Waals surface area contributed by atoms with Gasteiger partial charge in [-0.05, 0) is 62.0 Å².